The third-order valence-electron chi connectivity index (χ3n) is 3.60. The van der Waals surface area contributed by atoms with Gasteiger partial charge in [0.15, 0.2) is 0 Å². The van der Waals surface area contributed by atoms with E-state index in [0.29, 0.717) is 11.4 Å². The number of pyridine rings is 1. The molecule has 0 aliphatic rings. The Bertz CT molecular complexity index is 940. The van der Waals surface area contributed by atoms with E-state index >= 15 is 0 Å². The third-order valence-corrected chi connectivity index (χ3v) is 5.25. The molecule has 0 aliphatic carbocycles. The fourth-order valence-electron chi connectivity index (χ4n) is 2.41. The standard InChI is InChI=1S/C18H17BrN2O2S/c1-12-3-6-17-20-14(8-18(22)21(17)9-12)11-24-10-13-4-5-16(23-2)15(19)7-13/h3-9H,10-11H2,1-2H3. The van der Waals surface area contributed by atoms with Gasteiger partial charge in [-0.3, -0.25) is 9.20 Å². The molecule has 0 aliphatic heterocycles. The van der Waals surface area contributed by atoms with Gasteiger partial charge in [-0.2, -0.15) is 11.8 Å². The maximum Gasteiger partial charge on any atom is 0.258 e. The minimum atomic E-state index is -0.0357. The molecule has 0 amide bonds. The van der Waals surface area contributed by atoms with E-state index in [4.69, 9.17) is 4.74 Å². The van der Waals surface area contributed by atoms with Crippen molar-refractivity contribution in [2.45, 2.75) is 18.4 Å². The number of aromatic nitrogens is 2. The average molecular weight is 405 g/mol. The quantitative estimate of drug-likeness (QED) is 0.638. The number of halogens is 1. The SMILES string of the molecule is COc1ccc(CSCc2cc(=O)n3cc(C)ccc3n2)cc1Br. The zero-order valence-corrected chi connectivity index (χ0v) is 15.9. The third kappa shape index (κ3) is 3.82. The summed E-state index contributed by atoms with van der Waals surface area (Å²) in [5, 5.41) is 0. The summed E-state index contributed by atoms with van der Waals surface area (Å²) in [6.45, 7) is 1.96. The lowest BCUT2D eigenvalue weighted by Crippen LogP contribution is -2.15. The smallest absolute Gasteiger partial charge is 0.258 e. The Balaban J connectivity index is 1.71. The average Bonchev–Trinajstić information content (AvgIpc) is 2.56. The Labute approximate surface area is 153 Å². The van der Waals surface area contributed by atoms with Crippen molar-refractivity contribution >= 4 is 33.3 Å². The van der Waals surface area contributed by atoms with Crippen molar-refractivity contribution in [2.75, 3.05) is 7.11 Å². The van der Waals surface area contributed by atoms with Crippen LogP contribution in [-0.4, -0.2) is 16.5 Å². The molecule has 1 aromatic carbocycles. The van der Waals surface area contributed by atoms with Gasteiger partial charge in [-0.15, -0.1) is 0 Å². The van der Waals surface area contributed by atoms with Crippen LogP contribution in [0.4, 0.5) is 0 Å². The molecule has 0 saturated carbocycles. The van der Waals surface area contributed by atoms with Gasteiger partial charge in [0.1, 0.15) is 11.4 Å². The van der Waals surface area contributed by atoms with Gasteiger partial charge in [0.2, 0.25) is 0 Å². The van der Waals surface area contributed by atoms with E-state index < -0.39 is 0 Å². The fourth-order valence-corrected chi connectivity index (χ4v) is 3.87. The Morgan fingerprint density at radius 2 is 2.04 bits per heavy atom. The second-order valence-corrected chi connectivity index (χ2v) is 7.32. The van der Waals surface area contributed by atoms with Crippen LogP contribution < -0.4 is 10.3 Å². The fraction of sp³-hybridized carbons (Fsp3) is 0.222. The molecule has 2 heterocycles. The largest absolute Gasteiger partial charge is 0.496 e. The molecule has 0 radical (unpaired) electrons. The van der Waals surface area contributed by atoms with Crippen LogP contribution in [-0.2, 0) is 11.5 Å². The summed E-state index contributed by atoms with van der Waals surface area (Å²) in [5.41, 5.74) is 3.70. The molecule has 3 rings (SSSR count). The van der Waals surface area contributed by atoms with Gasteiger partial charge < -0.3 is 4.74 Å². The molecule has 0 saturated heterocycles. The lowest BCUT2D eigenvalue weighted by molar-refractivity contribution is 0.412. The number of nitrogens with zero attached hydrogens (tertiary/aromatic N) is 2. The first-order valence-corrected chi connectivity index (χ1v) is 9.41. The van der Waals surface area contributed by atoms with Gasteiger partial charge in [0.25, 0.3) is 5.56 Å². The van der Waals surface area contributed by atoms with E-state index in [1.807, 2.05) is 37.4 Å². The Morgan fingerprint density at radius 1 is 1.21 bits per heavy atom. The van der Waals surface area contributed by atoms with Crippen molar-refractivity contribution in [1.29, 1.82) is 0 Å². The second kappa shape index (κ2) is 7.40. The highest BCUT2D eigenvalue weighted by molar-refractivity contribution is 9.10. The van der Waals surface area contributed by atoms with Crippen LogP contribution in [0.3, 0.4) is 0 Å². The van der Waals surface area contributed by atoms with Gasteiger partial charge in [0.05, 0.1) is 17.3 Å². The van der Waals surface area contributed by atoms with Crippen LogP contribution in [0.1, 0.15) is 16.8 Å². The van der Waals surface area contributed by atoms with Gasteiger partial charge in [0, 0.05) is 23.8 Å². The summed E-state index contributed by atoms with van der Waals surface area (Å²) in [6.07, 6.45) is 1.82. The normalized spacial score (nSPS) is 11.0. The molecular weight excluding hydrogens is 388 g/mol. The van der Waals surface area contributed by atoms with Crippen molar-refractivity contribution in [3.63, 3.8) is 0 Å². The first-order valence-electron chi connectivity index (χ1n) is 7.46. The molecular formula is C18H17BrN2O2S. The second-order valence-electron chi connectivity index (χ2n) is 5.48. The van der Waals surface area contributed by atoms with Gasteiger partial charge in [-0.25, -0.2) is 4.98 Å². The Hall–Kier alpha value is -1.79. The molecule has 0 N–H and O–H groups in total. The summed E-state index contributed by atoms with van der Waals surface area (Å²) in [5.74, 6) is 2.36. The number of ether oxygens (including phenoxy) is 1. The number of aryl methyl sites for hydroxylation is 1. The topological polar surface area (TPSA) is 43.6 Å². The van der Waals surface area contributed by atoms with Gasteiger partial charge >= 0.3 is 0 Å². The zero-order chi connectivity index (χ0) is 17.1. The van der Waals surface area contributed by atoms with Crippen molar-refractivity contribution in [3.8, 4) is 5.75 Å². The number of fused-ring (bicyclic) bond motifs is 1. The van der Waals surface area contributed by atoms with Crippen molar-refractivity contribution in [1.82, 2.24) is 9.38 Å². The Kier molecular flexibility index (Phi) is 5.26. The predicted octanol–water partition coefficient (Wildman–Crippen LogP) is 4.21. The molecule has 6 heteroatoms. The van der Waals surface area contributed by atoms with E-state index in [9.17, 15) is 4.79 Å². The molecule has 0 spiro atoms. The number of hydrogen-bond donors (Lipinski definition) is 0. The molecule has 0 bridgehead atoms. The summed E-state index contributed by atoms with van der Waals surface area (Å²) >= 11 is 5.23. The van der Waals surface area contributed by atoms with E-state index in [-0.39, 0.29) is 5.56 Å². The van der Waals surface area contributed by atoms with Crippen LogP contribution in [0, 0.1) is 6.92 Å². The lowest BCUT2D eigenvalue weighted by atomic mass is 10.2. The summed E-state index contributed by atoms with van der Waals surface area (Å²) in [4.78, 5) is 16.8. The number of rotatable bonds is 5. The van der Waals surface area contributed by atoms with E-state index in [1.54, 1.807) is 29.3 Å². The first kappa shape index (κ1) is 17.0. The van der Waals surface area contributed by atoms with Crippen molar-refractivity contribution in [3.05, 3.63) is 74.2 Å². The highest BCUT2D eigenvalue weighted by Gasteiger charge is 2.05. The van der Waals surface area contributed by atoms with Crippen LogP contribution in [0.15, 0.2) is 51.9 Å². The molecule has 3 aromatic rings. The van der Waals surface area contributed by atoms with Gasteiger partial charge in [-0.05, 0) is 52.2 Å². The molecule has 124 valence electrons. The minimum absolute atomic E-state index is 0.0357. The number of benzene rings is 1. The van der Waals surface area contributed by atoms with Gasteiger partial charge in [-0.1, -0.05) is 12.1 Å². The van der Waals surface area contributed by atoms with Crippen LogP contribution in [0.5, 0.6) is 5.75 Å². The van der Waals surface area contributed by atoms with E-state index in [2.05, 4.69) is 27.0 Å². The maximum absolute atomic E-state index is 12.2. The molecule has 0 atom stereocenters. The number of hydrogen-bond acceptors (Lipinski definition) is 4. The van der Waals surface area contributed by atoms with Crippen molar-refractivity contribution < 1.29 is 4.74 Å². The predicted molar refractivity (Wildman–Crippen MR) is 102 cm³/mol. The van der Waals surface area contributed by atoms with E-state index in [1.165, 1.54) is 5.56 Å². The molecule has 24 heavy (non-hydrogen) atoms. The van der Waals surface area contributed by atoms with Crippen LogP contribution in [0.2, 0.25) is 0 Å². The molecule has 0 unspecified atom stereocenters. The zero-order valence-electron chi connectivity index (χ0n) is 13.5. The number of thioether (sulfide) groups is 1. The molecule has 0 fully saturated rings. The summed E-state index contributed by atoms with van der Waals surface area (Å²) < 4.78 is 7.77. The highest BCUT2D eigenvalue weighted by Crippen LogP contribution is 2.27. The summed E-state index contributed by atoms with van der Waals surface area (Å²) in [7, 11) is 1.65. The van der Waals surface area contributed by atoms with Crippen LogP contribution >= 0.6 is 27.7 Å². The van der Waals surface area contributed by atoms with E-state index in [0.717, 1.165) is 27.2 Å². The number of methoxy groups -OCH3 is 1. The molecule has 2 aromatic heterocycles. The Morgan fingerprint density at radius 3 is 2.79 bits per heavy atom. The monoisotopic (exact) mass is 404 g/mol. The highest BCUT2D eigenvalue weighted by atomic mass is 79.9. The summed E-state index contributed by atoms with van der Waals surface area (Å²) in [6, 6.07) is 11.5. The molecule has 4 nitrogen and oxygen atoms in total. The van der Waals surface area contributed by atoms with Crippen molar-refractivity contribution in [2.24, 2.45) is 0 Å². The first-order chi connectivity index (χ1) is 11.6. The minimum Gasteiger partial charge on any atom is -0.496 e. The van der Waals surface area contributed by atoms with Crippen LogP contribution in [0.25, 0.3) is 5.65 Å². The lowest BCUT2D eigenvalue weighted by Gasteiger charge is -2.07. The maximum atomic E-state index is 12.2.